The molecule has 1 aromatic heterocycles. The number of carbonyl (C=O) groups excluding carboxylic acids is 1. The zero-order valence-electron chi connectivity index (χ0n) is 13.1. The molecule has 0 saturated carbocycles. The molecule has 0 aliphatic heterocycles. The Kier molecular flexibility index (Phi) is 6.14. The van der Waals surface area contributed by atoms with Gasteiger partial charge in [-0.15, -0.1) is 0 Å². The summed E-state index contributed by atoms with van der Waals surface area (Å²) < 4.78 is 13.4. The van der Waals surface area contributed by atoms with Crippen molar-refractivity contribution in [3.63, 3.8) is 0 Å². The van der Waals surface area contributed by atoms with Gasteiger partial charge in [-0.2, -0.15) is 4.98 Å². The summed E-state index contributed by atoms with van der Waals surface area (Å²) in [7, 11) is 0. The average Bonchev–Trinajstić information content (AvgIpc) is 2.54. The van der Waals surface area contributed by atoms with Crippen LogP contribution < -0.4 is 21.7 Å². The third-order valence-electron chi connectivity index (χ3n) is 3.04. The Bertz CT molecular complexity index is 727. The molecule has 2 aromatic rings. The molecular formula is C15H18ClFN6O. The molecule has 5 N–H and O–H groups in total. The number of nitrogens with two attached hydrogens (primary N) is 1. The third kappa shape index (κ3) is 5.24. The smallest absolute Gasteiger partial charge is 0.225 e. The van der Waals surface area contributed by atoms with Gasteiger partial charge in [-0.3, -0.25) is 4.79 Å². The zero-order chi connectivity index (χ0) is 17.5. The lowest BCUT2D eigenvalue weighted by atomic mass is 10.2. The molecule has 0 saturated heterocycles. The van der Waals surface area contributed by atoms with Gasteiger partial charge in [0.05, 0.1) is 16.9 Å². The summed E-state index contributed by atoms with van der Waals surface area (Å²) in [6.45, 7) is 2.71. The highest BCUT2D eigenvalue weighted by Crippen LogP contribution is 2.18. The van der Waals surface area contributed by atoms with Crippen molar-refractivity contribution in [3.05, 3.63) is 40.8 Å². The van der Waals surface area contributed by atoms with E-state index in [9.17, 15) is 9.18 Å². The SMILES string of the molecule is CC(=O)NCCNc1nc(NCc2ccc(Cl)c(F)c2)ncc1N. The first-order valence-corrected chi connectivity index (χ1v) is 7.62. The van der Waals surface area contributed by atoms with Gasteiger partial charge in [0.15, 0.2) is 5.82 Å². The first-order valence-electron chi connectivity index (χ1n) is 7.24. The van der Waals surface area contributed by atoms with Crippen molar-refractivity contribution in [1.29, 1.82) is 0 Å². The van der Waals surface area contributed by atoms with Crippen LogP contribution in [0.1, 0.15) is 12.5 Å². The molecule has 1 heterocycles. The van der Waals surface area contributed by atoms with Crippen molar-refractivity contribution in [2.24, 2.45) is 0 Å². The summed E-state index contributed by atoms with van der Waals surface area (Å²) in [4.78, 5) is 19.1. The molecule has 24 heavy (non-hydrogen) atoms. The van der Waals surface area contributed by atoms with Crippen molar-refractivity contribution in [2.45, 2.75) is 13.5 Å². The Morgan fingerprint density at radius 1 is 1.33 bits per heavy atom. The highest BCUT2D eigenvalue weighted by atomic mass is 35.5. The van der Waals surface area contributed by atoms with E-state index in [1.54, 1.807) is 6.07 Å². The second-order valence-electron chi connectivity index (χ2n) is 5.01. The van der Waals surface area contributed by atoms with Crippen LogP contribution in [0.2, 0.25) is 5.02 Å². The summed E-state index contributed by atoms with van der Waals surface area (Å²) in [6.07, 6.45) is 1.47. The van der Waals surface area contributed by atoms with Crippen LogP contribution in [-0.2, 0) is 11.3 Å². The van der Waals surface area contributed by atoms with Crippen molar-refractivity contribution < 1.29 is 9.18 Å². The molecule has 0 aliphatic carbocycles. The third-order valence-corrected chi connectivity index (χ3v) is 3.35. The van der Waals surface area contributed by atoms with Crippen LogP contribution in [0.25, 0.3) is 0 Å². The molecule has 0 atom stereocenters. The minimum absolute atomic E-state index is 0.0770. The normalized spacial score (nSPS) is 10.3. The van der Waals surface area contributed by atoms with E-state index < -0.39 is 5.82 Å². The maximum atomic E-state index is 13.4. The number of nitrogen functional groups attached to an aromatic ring is 1. The molecule has 0 radical (unpaired) electrons. The minimum Gasteiger partial charge on any atom is -0.394 e. The molecule has 0 aliphatic rings. The molecule has 1 amide bonds. The van der Waals surface area contributed by atoms with E-state index in [2.05, 4.69) is 25.9 Å². The van der Waals surface area contributed by atoms with E-state index in [-0.39, 0.29) is 10.9 Å². The lowest BCUT2D eigenvalue weighted by Gasteiger charge is -2.11. The lowest BCUT2D eigenvalue weighted by molar-refractivity contribution is -0.118. The number of aromatic nitrogens is 2. The predicted molar refractivity (Wildman–Crippen MR) is 92.4 cm³/mol. The van der Waals surface area contributed by atoms with Gasteiger partial charge < -0.3 is 21.7 Å². The largest absolute Gasteiger partial charge is 0.394 e. The first kappa shape index (κ1) is 17.7. The fourth-order valence-electron chi connectivity index (χ4n) is 1.87. The van der Waals surface area contributed by atoms with Gasteiger partial charge in [-0.25, -0.2) is 9.37 Å². The van der Waals surface area contributed by atoms with Crippen LogP contribution in [0.3, 0.4) is 0 Å². The van der Waals surface area contributed by atoms with Crippen molar-refractivity contribution in [3.8, 4) is 0 Å². The number of benzene rings is 1. The summed E-state index contributed by atoms with van der Waals surface area (Å²) >= 11 is 5.65. The number of carbonyl (C=O) groups is 1. The molecule has 2 rings (SSSR count). The molecule has 0 unspecified atom stereocenters. The molecule has 9 heteroatoms. The van der Waals surface area contributed by atoms with E-state index >= 15 is 0 Å². The van der Waals surface area contributed by atoms with E-state index in [4.69, 9.17) is 17.3 Å². The number of halogens is 2. The fourth-order valence-corrected chi connectivity index (χ4v) is 1.99. The van der Waals surface area contributed by atoms with Gasteiger partial charge in [-0.1, -0.05) is 17.7 Å². The molecule has 0 fully saturated rings. The number of nitrogens with zero attached hydrogens (tertiary/aromatic N) is 2. The van der Waals surface area contributed by atoms with E-state index in [0.29, 0.717) is 42.7 Å². The second kappa shape index (κ2) is 8.30. The maximum absolute atomic E-state index is 13.4. The standard InChI is InChI=1S/C15H18ClFN6O/c1-9(24)19-4-5-20-14-13(18)8-22-15(23-14)21-7-10-2-3-11(16)12(17)6-10/h2-3,6,8H,4-5,7,18H2,1H3,(H,19,24)(H2,20,21,22,23). The van der Waals surface area contributed by atoms with Gasteiger partial charge in [0.1, 0.15) is 5.82 Å². The highest BCUT2D eigenvalue weighted by molar-refractivity contribution is 6.30. The monoisotopic (exact) mass is 352 g/mol. The van der Waals surface area contributed by atoms with Crippen LogP contribution in [0.5, 0.6) is 0 Å². The van der Waals surface area contributed by atoms with Crippen molar-refractivity contribution in [1.82, 2.24) is 15.3 Å². The molecule has 0 spiro atoms. The van der Waals surface area contributed by atoms with Crippen LogP contribution in [0, 0.1) is 5.82 Å². The van der Waals surface area contributed by atoms with Crippen LogP contribution in [0.4, 0.5) is 21.8 Å². The second-order valence-corrected chi connectivity index (χ2v) is 5.42. The van der Waals surface area contributed by atoms with Crippen molar-refractivity contribution >= 4 is 35.0 Å². The first-order chi connectivity index (χ1) is 11.5. The fraction of sp³-hybridized carbons (Fsp3) is 0.267. The quantitative estimate of drug-likeness (QED) is 0.568. The molecular weight excluding hydrogens is 335 g/mol. The Balaban J connectivity index is 1.94. The average molecular weight is 353 g/mol. The number of anilines is 3. The molecule has 128 valence electrons. The minimum atomic E-state index is -0.477. The number of amides is 1. The summed E-state index contributed by atoms with van der Waals surface area (Å²) in [6, 6.07) is 4.55. The maximum Gasteiger partial charge on any atom is 0.225 e. The van der Waals surface area contributed by atoms with E-state index in [0.717, 1.165) is 0 Å². The summed E-state index contributed by atoms with van der Waals surface area (Å²) in [5.41, 5.74) is 6.90. The van der Waals surface area contributed by atoms with E-state index in [1.165, 1.54) is 25.3 Å². The van der Waals surface area contributed by atoms with Gasteiger partial charge in [0.25, 0.3) is 0 Å². The summed E-state index contributed by atoms with van der Waals surface area (Å²) in [5.74, 6) is 0.223. The Labute approximate surface area is 143 Å². The van der Waals surface area contributed by atoms with Gasteiger partial charge >= 0.3 is 0 Å². The van der Waals surface area contributed by atoms with Crippen LogP contribution in [0.15, 0.2) is 24.4 Å². The Morgan fingerprint density at radius 2 is 2.12 bits per heavy atom. The van der Waals surface area contributed by atoms with Crippen LogP contribution >= 0.6 is 11.6 Å². The summed E-state index contributed by atoms with van der Waals surface area (Å²) in [5, 5.41) is 8.74. The molecule has 7 nitrogen and oxygen atoms in total. The zero-order valence-corrected chi connectivity index (χ0v) is 13.8. The van der Waals surface area contributed by atoms with Gasteiger partial charge in [0.2, 0.25) is 11.9 Å². The topological polar surface area (TPSA) is 105 Å². The van der Waals surface area contributed by atoms with E-state index in [1.807, 2.05) is 0 Å². The predicted octanol–water partition coefficient (Wildman–Crippen LogP) is 2.01. The molecule has 1 aromatic carbocycles. The van der Waals surface area contributed by atoms with Gasteiger partial charge in [0, 0.05) is 26.6 Å². The highest BCUT2D eigenvalue weighted by Gasteiger charge is 2.06. The van der Waals surface area contributed by atoms with Crippen molar-refractivity contribution in [2.75, 3.05) is 29.5 Å². The number of rotatable bonds is 7. The van der Waals surface area contributed by atoms with Gasteiger partial charge in [-0.05, 0) is 17.7 Å². The Hall–Kier alpha value is -2.61. The Morgan fingerprint density at radius 3 is 2.83 bits per heavy atom. The number of nitrogens with one attached hydrogen (secondary N) is 3. The molecule has 0 bridgehead atoms. The van der Waals surface area contributed by atoms with Crippen LogP contribution in [-0.4, -0.2) is 29.0 Å². The number of hydrogen-bond donors (Lipinski definition) is 4. The number of hydrogen-bond acceptors (Lipinski definition) is 6. The lowest BCUT2D eigenvalue weighted by Crippen LogP contribution is -2.26.